The molecule has 0 saturated carbocycles. The molecule has 0 saturated heterocycles. The van der Waals surface area contributed by atoms with Gasteiger partial charge in [-0.2, -0.15) is 0 Å². The van der Waals surface area contributed by atoms with Crippen molar-refractivity contribution in [3.05, 3.63) is 157 Å². The smallest absolute Gasteiger partial charge is 0.277 e. The number of carbonyl (C=O) groups excluding carboxylic acids is 2. The van der Waals surface area contributed by atoms with Gasteiger partial charge in [0.05, 0.1) is 16.0 Å². The Morgan fingerprint density at radius 3 is 2.15 bits per heavy atom. The maximum absolute atomic E-state index is 14.1. The number of aromatic hydroxyl groups is 1. The summed E-state index contributed by atoms with van der Waals surface area (Å²) in [7, 11) is 0. The summed E-state index contributed by atoms with van der Waals surface area (Å²) in [4.78, 5) is 42.7. The van der Waals surface area contributed by atoms with E-state index in [2.05, 4.69) is 43.4 Å². The summed E-state index contributed by atoms with van der Waals surface area (Å²) in [6.07, 6.45) is 2.41. The van der Waals surface area contributed by atoms with Crippen LogP contribution in [0.15, 0.2) is 114 Å². The SMILES string of the molecule is CC(C)Cc1ccc(CCc2cc(C(=O)c3ccccc3Cl)c(NC(=O)c3c(O)c4ccccc4c(=O)n3-c3ccccc3)s2)cc1. The van der Waals surface area contributed by atoms with Gasteiger partial charge in [-0.3, -0.25) is 19.0 Å². The van der Waals surface area contributed by atoms with Crippen molar-refractivity contribution in [1.29, 1.82) is 0 Å². The Hall–Kier alpha value is -4.98. The zero-order valence-electron chi connectivity index (χ0n) is 26.0. The summed E-state index contributed by atoms with van der Waals surface area (Å²) >= 11 is 7.71. The molecule has 47 heavy (non-hydrogen) atoms. The Morgan fingerprint density at radius 2 is 1.45 bits per heavy atom. The highest BCUT2D eigenvalue weighted by molar-refractivity contribution is 7.16. The van der Waals surface area contributed by atoms with Crippen molar-refractivity contribution >= 4 is 50.4 Å². The number of hydrogen-bond acceptors (Lipinski definition) is 5. The fourth-order valence-electron chi connectivity index (χ4n) is 5.72. The highest BCUT2D eigenvalue weighted by Gasteiger charge is 2.26. The number of carbonyl (C=O) groups is 2. The predicted molar refractivity (Wildman–Crippen MR) is 191 cm³/mol. The molecule has 6 aromatic rings. The summed E-state index contributed by atoms with van der Waals surface area (Å²) in [5.41, 5.74) is 2.80. The van der Waals surface area contributed by atoms with Gasteiger partial charge in [0, 0.05) is 21.5 Å². The minimum absolute atomic E-state index is 0.229. The third-order valence-electron chi connectivity index (χ3n) is 7.99. The van der Waals surface area contributed by atoms with Crippen LogP contribution in [-0.4, -0.2) is 21.4 Å². The molecule has 0 spiro atoms. The number of para-hydroxylation sites is 1. The molecule has 6 nitrogen and oxygen atoms in total. The molecule has 2 N–H and O–H groups in total. The number of pyridine rings is 1. The molecule has 0 atom stereocenters. The van der Waals surface area contributed by atoms with Gasteiger partial charge in [0.1, 0.15) is 5.00 Å². The molecule has 8 heteroatoms. The maximum atomic E-state index is 14.1. The second-order valence-corrected chi connectivity index (χ2v) is 13.4. The van der Waals surface area contributed by atoms with Gasteiger partial charge in [0.25, 0.3) is 11.5 Å². The number of aryl methyl sites for hydroxylation is 2. The molecule has 0 bridgehead atoms. The average Bonchev–Trinajstić information content (AvgIpc) is 3.48. The van der Waals surface area contributed by atoms with Crippen LogP contribution in [0.2, 0.25) is 5.02 Å². The molecule has 1 amide bonds. The Labute approximate surface area is 281 Å². The first-order valence-electron chi connectivity index (χ1n) is 15.4. The minimum atomic E-state index is -0.725. The second kappa shape index (κ2) is 13.8. The van der Waals surface area contributed by atoms with Gasteiger partial charge < -0.3 is 10.4 Å². The third-order valence-corrected chi connectivity index (χ3v) is 9.43. The van der Waals surface area contributed by atoms with Gasteiger partial charge in [-0.15, -0.1) is 11.3 Å². The quantitative estimate of drug-likeness (QED) is 0.144. The van der Waals surface area contributed by atoms with E-state index in [4.69, 9.17) is 11.6 Å². The highest BCUT2D eigenvalue weighted by Crippen LogP contribution is 2.35. The first-order chi connectivity index (χ1) is 22.7. The maximum Gasteiger partial charge on any atom is 0.277 e. The number of thiophene rings is 1. The molecule has 2 aromatic heterocycles. The van der Waals surface area contributed by atoms with Crippen LogP contribution in [0, 0.1) is 5.92 Å². The van der Waals surface area contributed by atoms with E-state index in [-0.39, 0.29) is 33.6 Å². The van der Waals surface area contributed by atoms with E-state index < -0.39 is 11.5 Å². The molecule has 6 rings (SSSR count). The lowest BCUT2D eigenvalue weighted by atomic mass is 10.00. The molecule has 0 fully saturated rings. The normalized spacial score (nSPS) is 11.2. The van der Waals surface area contributed by atoms with Crippen molar-refractivity contribution in [2.45, 2.75) is 33.1 Å². The van der Waals surface area contributed by atoms with E-state index in [1.54, 1.807) is 84.9 Å². The van der Waals surface area contributed by atoms with Gasteiger partial charge in [-0.25, -0.2) is 0 Å². The number of benzene rings is 4. The number of hydrogen-bond donors (Lipinski definition) is 2. The summed E-state index contributed by atoms with van der Waals surface area (Å²) in [5.74, 6) is -0.821. The van der Waals surface area contributed by atoms with Crippen molar-refractivity contribution in [3.8, 4) is 11.4 Å². The van der Waals surface area contributed by atoms with Crippen LogP contribution in [0.25, 0.3) is 16.5 Å². The molecule has 0 radical (unpaired) electrons. The van der Waals surface area contributed by atoms with Crippen LogP contribution >= 0.6 is 22.9 Å². The fourth-order valence-corrected chi connectivity index (χ4v) is 6.99. The number of nitrogens with zero attached hydrogens (tertiary/aromatic N) is 1. The lowest BCUT2D eigenvalue weighted by molar-refractivity contribution is 0.101. The molecule has 236 valence electrons. The van der Waals surface area contributed by atoms with Crippen molar-refractivity contribution < 1.29 is 14.7 Å². The van der Waals surface area contributed by atoms with Crippen LogP contribution < -0.4 is 10.9 Å². The zero-order valence-corrected chi connectivity index (χ0v) is 27.6. The van der Waals surface area contributed by atoms with E-state index >= 15 is 0 Å². The van der Waals surface area contributed by atoms with Gasteiger partial charge in [-0.05, 0) is 72.7 Å². The summed E-state index contributed by atoms with van der Waals surface area (Å²) in [6.45, 7) is 4.40. The Morgan fingerprint density at radius 1 is 0.809 bits per heavy atom. The molecular formula is C39H33ClN2O4S. The fraction of sp³-hybridized carbons (Fsp3) is 0.154. The van der Waals surface area contributed by atoms with Crippen molar-refractivity contribution in [1.82, 2.24) is 4.57 Å². The lowest BCUT2D eigenvalue weighted by Crippen LogP contribution is -2.28. The van der Waals surface area contributed by atoms with Crippen molar-refractivity contribution in [2.24, 2.45) is 5.92 Å². The number of halogens is 1. The molecule has 4 aromatic carbocycles. The van der Waals surface area contributed by atoms with Gasteiger partial charge >= 0.3 is 0 Å². The van der Waals surface area contributed by atoms with E-state index in [0.717, 1.165) is 17.7 Å². The first kappa shape index (κ1) is 32.0. The zero-order chi connectivity index (χ0) is 33.1. The summed E-state index contributed by atoms with van der Waals surface area (Å²) in [5, 5.41) is 15.5. The van der Waals surface area contributed by atoms with E-state index in [9.17, 15) is 19.5 Å². The Balaban J connectivity index is 1.39. The van der Waals surface area contributed by atoms with Gasteiger partial charge in [0.15, 0.2) is 17.2 Å². The third kappa shape index (κ3) is 6.77. The number of aromatic nitrogens is 1. The van der Waals surface area contributed by atoms with E-state index in [1.807, 2.05) is 0 Å². The lowest BCUT2D eigenvalue weighted by Gasteiger charge is -2.16. The number of rotatable bonds is 10. The van der Waals surface area contributed by atoms with E-state index in [0.29, 0.717) is 33.6 Å². The van der Waals surface area contributed by atoms with Crippen LogP contribution in [0.1, 0.15) is 56.3 Å². The van der Waals surface area contributed by atoms with Crippen LogP contribution in [-0.2, 0) is 19.3 Å². The molecular weight excluding hydrogens is 628 g/mol. The monoisotopic (exact) mass is 660 g/mol. The molecule has 0 aliphatic heterocycles. The number of anilines is 1. The number of nitrogens with one attached hydrogen (secondary N) is 1. The van der Waals surface area contributed by atoms with Gasteiger partial charge in [0.2, 0.25) is 0 Å². The second-order valence-electron chi connectivity index (χ2n) is 11.9. The van der Waals surface area contributed by atoms with Crippen LogP contribution in [0.3, 0.4) is 0 Å². The Bertz CT molecular complexity index is 2150. The average molecular weight is 661 g/mol. The summed E-state index contributed by atoms with van der Waals surface area (Å²) < 4.78 is 1.21. The Kier molecular flexibility index (Phi) is 9.38. The number of amides is 1. The van der Waals surface area contributed by atoms with Crippen LogP contribution in [0.5, 0.6) is 5.75 Å². The van der Waals surface area contributed by atoms with Crippen molar-refractivity contribution in [2.75, 3.05) is 5.32 Å². The molecule has 0 aliphatic carbocycles. The molecule has 2 heterocycles. The first-order valence-corrected chi connectivity index (χ1v) is 16.6. The number of fused-ring (bicyclic) bond motifs is 1. The van der Waals surface area contributed by atoms with E-state index in [1.165, 1.54) is 27.0 Å². The minimum Gasteiger partial charge on any atom is -0.505 e. The largest absolute Gasteiger partial charge is 0.505 e. The molecule has 0 aliphatic rings. The highest BCUT2D eigenvalue weighted by atomic mass is 35.5. The number of ketones is 1. The predicted octanol–water partition coefficient (Wildman–Crippen LogP) is 8.88. The van der Waals surface area contributed by atoms with Gasteiger partial charge in [-0.1, -0.05) is 98.2 Å². The molecule has 0 unspecified atom stereocenters. The topological polar surface area (TPSA) is 88.4 Å². The standard InChI is InChI=1S/C39H33ClN2O4S/c1-24(2)22-26-18-16-25(17-19-26)20-21-28-23-32(35(43)31-14-8-9-15-33(31)40)38(47-28)41-37(45)34-36(44)29-12-6-7-13-30(29)39(46)42(34)27-10-4-3-5-11-27/h3-19,23-24,44H,20-22H2,1-2H3,(H,41,45). The summed E-state index contributed by atoms with van der Waals surface area (Å²) in [6, 6.07) is 32.5. The van der Waals surface area contributed by atoms with Crippen molar-refractivity contribution in [3.63, 3.8) is 0 Å². The van der Waals surface area contributed by atoms with Crippen LogP contribution in [0.4, 0.5) is 5.00 Å².